The lowest BCUT2D eigenvalue weighted by Crippen LogP contribution is -2.16. The molecule has 0 amide bonds. The number of nitrogens with zero attached hydrogens (tertiary/aromatic N) is 2. The molecular weight excluding hydrogens is 340 g/mol. The number of rotatable bonds is 5. The zero-order chi connectivity index (χ0) is 17.8. The normalized spacial score (nSPS) is 17.3. The molecule has 0 radical (unpaired) electrons. The number of imidazole rings is 1. The highest BCUT2D eigenvalue weighted by molar-refractivity contribution is 7.98. The van der Waals surface area contributed by atoms with Crippen LogP contribution in [-0.4, -0.2) is 22.8 Å². The summed E-state index contributed by atoms with van der Waals surface area (Å²) in [7, 11) is 0. The average Bonchev–Trinajstić information content (AvgIpc) is 3.13. The van der Waals surface area contributed by atoms with Crippen LogP contribution < -0.4 is 0 Å². The molecule has 1 fully saturated rings. The summed E-state index contributed by atoms with van der Waals surface area (Å²) in [5.74, 6) is 2.49. The molecule has 1 saturated heterocycles. The van der Waals surface area contributed by atoms with E-state index in [9.17, 15) is 0 Å². The molecule has 0 spiro atoms. The van der Waals surface area contributed by atoms with Gasteiger partial charge < -0.3 is 9.30 Å². The zero-order valence-electron chi connectivity index (χ0n) is 15.1. The van der Waals surface area contributed by atoms with Gasteiger partial charge >= 0.3 is 0 Å². The second-order valence-corrected chi connectivity index (χ2v) is 7.77. The summed E-state index contributed by atoms with van der Waals surface area (Å²) in [5.41, 5.74) is 3.95. The number of hydrogen-bond donors (Lipinski definition) is 0. The van der Waals surface area contributed by atoms with E-state index in [4.69, 9.17) is 4.74 Å². The van der Waals surface area contributed by atoms with Gasteiger partial charge in [0.15, 0.2) is 0 Å². The van der Waals surface area contributed by atoms with Gasteiger partial charge in [-0.3, -0.25) is 0 Å². The van der Waals surface area contributed by atoms with Crippen LogP contribution in [0.4, 0.5) is 0 Å². The van der Waals surface area contributed by atoms with Crippen molar-refractivity contribution in [3.63, 3.8) is 0 Å². The van der Waals surface area contributed by atoms with E-state index in [2.05, 4.69) is 58.1 Å². The number of thioether (sulfide) groups is 1. The smallest absolute Gasteiger partial charge is 0.110 e. The summed E-state index contributed by atoms with van der Waals surface area (Å²) in [6.45, 7) is 3.78. The van der Waals surface area contributed by atoms with Crippen molar-refractivity contribution in [2.45, 2.75) is 36.3 Å². The molecule has 1 aromatic heterocycles. The molecular formula is C22H24N2OS. The predicted octanol–water partition coefficient (Wildman–Crippen LogP) is 5.37. The van der Waals surface area contributed by atoms with E-state index in [1.165, 1.54) is 28.1 Å². The molecule has 0 bridgehead atoms. The molecule has 0 saturated carbocycles. The van der Waals surface area contributed by atoms with Gasteiger partial charge in [0.2, 0.25) is 0 Å². The number of aryl methyl sites for hydroxylation is 1. The molecule has 3 aromatic rings. The van der Waals surface area contributed by atoms with Crippen molar-refractivity contribution in [3.05, 3.63) is 77.9 Å². The second kappa shape index (κ2) is 8.11. The Morgan fingerprint density at radius 2 is 2.08 bits per heavy atom. The van der Waals surface area contributed by atoms with Crippen LogP contribution in [0.25, 0.3) is 5.69 Å². The Hall–Kier alpha value is -2.04. The fraction of sp³-hybridized carbons (Fsp3) is 0.318. The van der Waals surface area contributed by atoms with Gasteiger partial charge in [-0.05, 0) is 43.0 Å². The highest BCUT2D eigenvalue weighted by Crippen LogP contribution is 2.36. The molecule has 0 aliphatic carbocycles. The molecule has 4 rings (SSSR count). The lowest BCUT2D eigenvalue weighted by atomic mass is 9.93. The summed E-state index contributed by atoms with van der Waals surface area (Å²) in [4.78, 5) is 5.72. The quantitative estimate of drug-likeness (QED) is 0.570. The highest BCUT2D eigenvalue weighted by atomic mass is 32.2. The summed E-state index contributed by atoms with van der Waals surface area (Å²) in [5, 5.41) is 0. The molecule has 1 aliphatic heterocycles. The van der Waals surface area contributed by atoms with E-state index < -0.39 is 0 Å². The lowest BCUT2D eigenvalue weighted by Gasteiger charge is -2.25. The molecule has 2 heterocycles. The van der Waals surface area contributed by atoms with Gasteiger partial charge in [-0.2, -0.15) is 0 Å². The minimum atomic E-state index is 0.500. The van der Waals surface area contributed by atoms with E-state index in [0.717, 1.165) is 31.2 Å². The van der Waals surface area contributed by atoms with Gasteiger partial charge in [0.25, 0.3) is 0 Å². The Kier molecular flexibility index (Phi) is 5.42. The van der Waals surface area contributed by atoms with Gasteiger partial charge in [0.1, 0.15) is 5.82 Å². The Bertz CT molecular complexity index is 854. The van der Waals surface area contributed by atoms with E-state index >= 15 is 0 Å². The fourth-order valence-electron chi connectivity index (χ4n) is 3.51. The van der Waals surface area contributed by atoms with Crippen molar-refractivity contribution < 1.29 is 4.74 Å². The summed E-state index contributed by atoms with van der Waals surface area (Å²) in [6.07, 6.45) is 6.24. The maximum Gasteiger partial charge on any atom is 0.110 e. The van der Waals surface area contributed by atoms with E-state index in [1.54, 1.807) is 0 Å². The van der Waals surface area contributed by atoms with Crippen LogP contribution >= 0.6 is 11.8 Å². The number of hydrogen-bond acceptors (Lipinski definition) is 3. The Morgan fingerprint density at radius 3 is 2.81 bits per heavy atom. The third-order valence-corrected chi connectivity index (χ3v) is 6.08. The van der Waals surface area contributed by atoms with Crippen molar-refractivity contribution in [1.82, 2.24) is 9.55 Å². The first-order valence-electron chi connectivity index (χ1n) is 9.20. The summed E-state index contributed by atoms with van der Waals surface area (Å²) in [6, 6.07) is 17.5. The molecule has 1 unspecified atom stereocenters. The predicted molar refractivity (Wildman–Crippen MR) is 107 cm³/mol. The van der Waals surface area contributed by atoms with Crippen LogP contribution in [0.2, 0.25) is 0 Å². The van der Waals surface area contributed by atoms with Gasteiger partial charge in [-0.1, -0.05) is 36.4 Å². The molecule has 4 heteroatoms. The first-order valence-corrected chi connectivity index (χ1v) is 10.2. The zero-order valence-corrected chi connectivity index (χ0v) is 15.9. The first kappa shape index (κ1) is 17.4. The topological polar surface area (TPSA) is 27.1 Å². The average molecular weight is 365 g/mol. The number of ether oxygens (including phenoxy) is 1. The second-order valence-electron chi connectivity index (χ2n) is 6.75. The van der Waals surface area contributed by atoms with Crippen molar-refractivity contribution in [2.24, 2.45) is 0 Å². The minimum Gasteiger partial charge on any atom is -0.381 e. The van der Waals surface area contributed by atoms with Crippen molar-refractivity contribution in [3.8, 4) is 5.69 Å². The number of benzene rings is 2. The molecule has 1 atom stereocenters. The molecule has 134 valence electrons. The molecule has 2 aromatic carbocycles. The van der Waals surface area contributed by atoms with Crippen LogP contribution in [0.15, 0.2) is 65.8 Å². The maximum atomic E-state index is 5.75. The Balaban J connectivity index is 1.65. The van der Waals surface area contributed by atoms with E-state index in [1.807, 2.05) is 31.1 Å². The fourth-order valence-corrected chi connectivity index (χ4v) is 4.63. The number of aromatic nitrogens is 2. The highest BCUT2D eigenvalue weighted by Gasteiger charge is 2.20. The van der Waals surface area contributed by atoms with Gasteiger partial charge in [0.05, 0.1) is 6.61 Å². The van der Waals surface area contributed by atoms with Crippen LogP contribution in [-0.2, 0) is 10.5 Å². The van der Waals surface area contributed by atoms with Crippen molar-refractivity contribution in [2.75, 3.05) is 13.2 Å². The molecule has 26 heavy (non-hydrogen) atoms. The van der Waals surface area contributed by atoms with E-state index in [-0.39, 0.29) is 0 Å². The third-order valence-electron chi connectivity index (χ3n) is 4.94. The largest absolute Gasteiger partial charge is 0.381 e. The molecule has 0 N–H and O–H groups in total. The van der Waals surface area contributed by atoms with Crippen LogP contribution in [0.3, 0.4) is 0 Å². The SMILES string of the molecule is Cc1nccn1-c1ccc(C2CCCOC2)c(SCc2ccccc2)c1. The Labute approximate surface area is 159 Å². The van der Waals surface area contributed by atoms with Crippen LogP contribution in [0.5, 0.6) is 0 Å². The Morgan fingerprint density at radius 1 is 1.19 bits per heavy atom. The lowest BCUT2D eigenvalue weighted by molar-refractivity contribution is 0.0797. The maximum absolute atomic E-state index is 5.75. The summed E-state index contributed by atoms with van der Waals surface area (Å²) < 4.78 is 7.90. The van der Waals surface area contributed by atoms with Crippen molar-refractivity contribution in [1.29, 1.82) is 0 Å². The van der Waals surface area contributed by atoms with Crippen molar-refractivity contribution >= 4 is 11.8 Å². The van der Waals surface area contributed by atoms with Crippen LogP contribution in [0.1, 0.15) is 35.7 Å². The monoisotopic (exact) mass is 364 g/mol. The standard InChI is InChI=1S/C22H24N2OS/c1-17-23-11-12-24(17)20-9-10-21(19-8-5-13-25-15-19)22(14-20)26-16-18-6-3-2-4-7-18/h2-4,6-7,9-12,14,19H,5,8,13,15-16H2,1H3. The molecule has 3 nitrogen and oxygen atoms in total. The summed E-state index contributed by atoms with van der Waals surface area (Å²) >= 11 is 1.92. The van der Waals surface area contributed by atoms with Gasteiger partial charge in [-0.25, -0.2) is 4.98 Å². The van der Waals surface area contributed by atoms with Gasteiger partial charge in [0, 0.05) is 41.3 Å². The van der Waals surface area contributed by atoms with E-state index in [0.29, 0.717) is 5.92 Å². The molecule has 1 aliphatic rings. The van der Waals surface area contributed by atoms with Gasteiger partial charge in [-0.15, -0.1) is 11.8 Å². The third kappa shape index (κ3) is 3.87. The minimum absolute atomic E-state index is 0.500. The first-order chi connectivity index (χ1) is 12.8. The van der Waals surface area contributed by atoms with Crippen LogP contribution in [0, 0.1) is 6.92 Å².